The van der Waals surface area contributed by atoms with Crippen LogP contribution in [0.4, 0.5) is 5.69 Å². The average molecular weight is 416 g/mol. The number of para-hydroxylation sites is 3. The molecule has 0 radical (unpaired) electrons. The third kappa shape index (κ3) is 5.29. The van der Waals surface area contributed by atoms with Crippen molar-refractivity contribution in [2.45, 2.75) is 18.9 Å². The van der Waals surface area contributed by atoms with E-state index in [1.165, 1.54) is 0 Å². The van der Waals surface area contributed by atoms with E-state index in [-0.39, 0.29) is 17.9 Å². The van der Waals surface area contributed by atoms with Crippen molar-refractivity contribution < 1.29 is 19.1 Å². The molecule has 2 amide bonds. The first-order valence-corrected chi connectivity index (χ1v) is 10.3. The average Bonchev–Trinajstić information content (AvgIpc) is 3.33. The highest BCUT2D eigenvalue weighted by Crippen LogP contribution is 2.26. The third-order valence-corrected chi connectivity index (χ3v) is 5.04. The first kappa shape index (κ1) is 20.6. The minimum atomic E-state index is -0.356. The summed E-state index contributed by atoms with van der Waals surface area (Å²) >= 11 is 0. The lowest BCUT2D eigenvalue weighted by atomic mass is 10.1. The minimum Gasteiger partial charge on any atom is -0.457 e. The standard InChI is InChI=1S/C25H24N2O4/c28-24(26-17-19-11-8-16-30-19)20-12-4-6-14-22(20)27-25(29)21-13-5-7-15-23(21)31-18-9-2-1-3-10-18/h1-7,9-10,12-15,19H,8,11,16-17H2,(H,26,28)(H,27,29)/t19-/m0/s1. The fraction of sp³-hybridized carbons (Fsp3) is 0.200. The number of rotatable bonds is 7. The Balaban J connectivity index is 1.48. The SMILES string of the molecule is O=C(NC[C@@H]1CCCO1)c1ccccc1NC(=O)c1ccccc1Oc1ccccc1. The molecule has 0 spiro atoms. The van der Waals surface area contributed by atoms with Gasteiger partial charge in [0.05, 0.1) is 22.9 Å². The smallest absolute Gasteiger partial charge is 0.259 e. The van der Waals surface area contributed by atoms with E-state index >= 15 is 0 Å². The fourth-order valence-electron chi connectivity index (χ4n) is 3.45. The lowest BCUT2D eigenvalue weighted by Gasteiger charge is -2.15. The van der Waals surface area contributed by atoms with Crippen LogP contribution in [0.3, 0.4) is 0 Å². The molecule has 1 aliphatic rings. The van der Waals surface area contributed by atoms with Gasteiger partial charge in [0, 0.05) is 13.2 Å². The van der Waals surface area contributed by atoms with Crippen molar-refractivity contribution in [1.29, 1.82) is 0 Å². The topological polar surface area (TPSA) is 76.7 Å². The van der Waals surface area contributed by atoms with Gasteiger partial charge in [0.1, 0.15) is 11.5 Å². The number of hydrogen-bond donors (Lipinski definition) is 2. The van der Waals surface area contributed by atoms with Gasteiger partial charge in [-0.3, -0.25) is 9.59 Å². The Hall–Kier alpha value is -3.64. The van der Waals surface area contributed by atoms with E-state index in [1.807, 2.05) is 36.4 Å². The Morgan fingerprint density at radius 1 is 0.871 bits per heavy atom. The molecule has 0 aromatic heterocycles. The largest absolute Gasteiger partial charge is 0.457 e. The van der Waals surface area contributed by atoms with Crippen LogP contribution < -0.4 is 15.4 Å². The molecule has 0 aliphatic carbocycles. The summed E-state index contributed by atoms with van der Waals surface area (Å²) in [5.74, 6) is 0.467. The maximum Gasteiger partial charge on any atom is 0.259 e. The molecule has 1 atom stereocenters. The molecular weight excluding hydrogens is 392 g/mol. The van der Waals surface area contributed by atoms with E-state index in [1.54, 1.807) is 42.5 Å². The van der Waals surface area contributed by atoms with E-state index in [0.29, 0.717) is 34.9 Å². The molecule has 4 rings (SSSR count). The molecule has 1 fully saturated rings. The van der Waals surface area contributed by atoms with Gasteiger partial charge in [-0.05, 0) is 49.2 Å². The fourth-order valence-corrected chi connectivity index (χ4v) is 3.45. The van der Waals surface area contributed by atoms with Crippen molar-refractivity contribution in [3.05, 3.63) is 90.0 Å². The van der Waals surface area contributed by atoms with Crippen LogP contribution in [0, 0.1) is 0 Å². The van der Waals surface area contributed by atoms with Gasteiger partial charge in [-0.1, -0.05) is 42.5 Å². The van der Waals surface area contributed by atoms with Crippen molar-refractivity contribution in [3.63, 3.8) is 0 Å². The summed E-state index contributed by atoms with van der Waals surface area (Å²) in [5.41, 5.74) is 1.21. The van der Waals surface area contributed by atoms with Crippen LogP contribution in [-0.2, 0) is 4.74 Å². The Morgan fingerprint density at radius 2 is 1.58 bits per heavy atom. The van der Waals surface area contributed by atoms with E-state index in [4.69, 9.17) is 9.47 Å². The highest BCUT2D eigenvalue weighted by atomic mass is 16.5. The number of nitrogens with one attached hydrogen (secondary N) is 2. The molecule has 1 heterocycles. The molecule has 0 bridgehead atoms. The molecule has 158 valence electrons. The van der Waals surface area contributed by atoms with Crippen molar-refractivity contribution in [1.82, 2.24) is 5.32 Å². The van der Waals surface area contributed by atoms with Gasteiger partial charge in [-0.25, -0.2) is 0 Å². The van der Waals surface area contributed by atoms with Crippen LogP contribution in [-0.4, -0.2) is 31.1 Å². The Morgan fingerprint density at radius 3 is 2.35 bits per heavy atom. The normalized spacial score (nSPS) is 15.3. The molecule has 3 aromatic carbocycles. The third-order valence-electron chi connectivity index (χ3n) is 5.04. The second-order valence-electron chi connectivity index (χ2n) is 7.26. The van der Waals surface area contributed by atoms with Gasteiger partial charge in [0.2, 0.25) is 0 Å². The monoisotopic (exact) mass is 416 g/mol. The summed E-state index contributed by atoms with van der Waals surface area (Å²) < 4.78 is 11.4. The highest BCUT2D eigenvalue weighted by molar-refractivity contribution is 6.10. The number of carbonyl (C=O) groups is 2. The molecule has 0 saturated carbocycles. The summed E-state index contributed by atoms with van der Waals surface area (Å²) in [6, 6.07) is 23.2. The van der Waals surface area contributed by atoms with Gasteiger partial charge in [0.25, 0.3) is 11.8 Å². The number of anilines is 1. The first-order valence-electron chi connectivity index (χ1n) is 10.3. The van der Waals surface area contributed by atoms with Crippen molar-refractivity contribution in [2.24, 2.45) is 0 Å². The number of benzene rings is 3. The minimum absolute atomic E-state index is 0.0488. The summed E-state index contributed by atoms with van der Waals surface area (Å²) in [4.78, 5) is 25.7. The van der Waals surface area contributed by atoms with Gasteiger partial charge in [-0.15, -0.1) is 0 Å². The second-order valence-corrected chi connectivity index (χ2v) is 7.26. The summed E-state index contributed by atoms with van der Waals surface area (Å²) in [7, 11) is 0. The predicted octanol–water partition coefficient (Wildman–Crippen LogP) is 4.64. The van der Waals surface area contributed by atoms with Crippen LogP contribution in [0.1, 0.15) is 33.6 Å². The van der Waals surface area contributed by atoms with E-state index < -0.39 is 0 Å². The van der Waals surface area contributed by atoms with Crippen molar-refractivity contribution in [2.75, 3.05) is 18.5 Å². The molecule has 1 saturated heterocycles. The Bertz CT molecular complexity index is 1050. The van der Waals surface area contributed by atoms with Crippen LogP contribution in [0.25, 0.3) is 0 Å². The zero-order valence-electron chi connectivity index (χ0n) is 17.0. The number of amides is 2. The van der Waals surface area contributed by atoms with Crippen LogP contribution in [0.5, 0.6) is 11.5 Å². The first-order chi connectivity index (χ1) is 15.2. The highest BCUT2D eigenvalue weighted by Gasteiger charge is 2.19. The van der Waals surface area contributed by atoms with Crippen molar-refractivity contribution in [3.8, 4) is 11.5 Å². The van der Waals surface area contributed by atoms with Crippen LogP contribution in [0.15, 0.2) is 78.9 Å². The number of ether oxygens (including phenoxy) is 2. The predicted molar refractivity (Wildman–Crippen MR) is 119 cm³/mol. The summed E-state index contributed by atoms with van der Waals surface area (Å²) in [5, 5.41) is 5.75. The molecule has 3 aromatic rings. The lowest BCUT2D eigenvalue weighted by molar-refractivity contribution is 0.0858. The van der Waals surface area contributed by atoms with Crippen LogP contribution >= 0.6 is 0 Å². The summed E-state index contributed by atoms with van der Waals surface area (Å²) in [6.45, 7) is 1.19. The Kier molecular flexibility index (Phi) is 6.59. The Labute approximate surface area is 181 Å². The van der Waals surface area contributed by atoms with Crippen molar-refractivity contribution >= 4 is 17.5 Å². The quantitative estimate of drug-likeness (QED) is 0.588. The lowest BCUT2D eigenvalue weighted by Crippen LogP contribution is -2.32. The summed E-state index contributed by atoms with van der Waals surface area (Å²) in [6.07, 6.45) is 2.00. The van der Waals surface area contributed by atoms with Gasteiger partial charge < -0.3 is 20.1 Å². The maximum absolute atomic E-state index is 13.0. The maximum atomic E-state index is 13.0. The van der Waals surface area contributed by atoms with Gasteiger partial charge in [-0.2, -0.15) is 0 Å². The van der Waals surface area contributed by atoms with E-state index in [0.717, 1.165) is 19.4 Å². The van der Waals surface area contributed by atoms with Crippen LogP contribution in [0.2, 0.25) is 0 Å². The molecule has 6 heteroatoms. The van der Waals surface area contributed by atoms with Gasteiger partial charge in [0.15, 0.2) is 0 Å². The molecule has 0 unspecified atom stereocenters. The molecular formula is C25H24N2O4. The zero-order valence-corrected chi connectivity index (χ0v) is 17.0. The van der Waals surface area contributed by atoms with E-state index in [2.05, 4.69) is 10.6 Å². The van der Waals surface area contributed by atoms with Gasteiger partial charge >= 0.3 is 0 Å². The van der Waals surface area contributed by atoms with E-state index in [9.17, 15) is 9.59 Å². The molecule has 2 N–H and O–H groups in total. The second kappa shape index (κ2) is 9.91. The number of carbonyl (C=O) groups excluding carboxylic acids is 2. The zero-order chi connectivity index (χ0) is 21.5. The molecule has 31 heavy (non-hydrogen) atoms. The molecule has 1 aliphatic heterocycles. The number of hydrogen-bond acceptors (Lipinski definition) is 4. The molecule has 6 nitrogen and oxygen atoms in total.